The zero-order valence-electron chi connectivity index (χ0n) is 15.1. The lowest BCUT2D eigenvalue weighted by atomic mass is 9.88. The fourth-order valence-electron chi connectivity index (χ4n) is 2.15. The maximum absolute atomic E-state index is 12.6. The zero-order valence-corrected chi connectivity index (χ0v) is 16.9. The van der Waals surface area contributed by atoms with Crippen molar-refractivity contribution < 1.29 is 30.2 Å². The van der Waals surface area contributed by atoms with Crippen molar-refractivity contribution in [2.45, 2.75) is 70.6 Å². The minimum absolute atomic E-state index is 0.0511. The molecule has 0 aromatic heterocycles. The second-order valence-corrected chi connectivity index (χ2v) is 14.1. The molecule has 0 amide bonds. The van der Waals surface area contributed by atoms with Crippen molar-refractivity contribution in [3.05, 3.63) is 11.3 Å². The Morgan fingerprint density at radius 1 is 1.21 bits per heavy atom. The molecule has 0 aromatic rings. The van der Waals surface area contributed by atoms with Gasteiger partial charge in [-0.1, -0.05) is 27.7 Å². The van der Waals surface area contributed by atoms with Gasteiger partial charge in [-0.2, -0.15) is 21.6 Å². The van der Waals surface area contributed by atoms with E-state index in [0.717, 1.165) is 6.42 Å². The maximum atomic E-state index is 12.6. The molecular weight excluding hydrogens is 361 g/mol. The van der Waals surface area contributed by atoms with Crippen LogP contribution < -0.4 is 0 Å². The smallest absolute Gasteiger partial charge is 0.413 e. The van der Waals surface area contributed by atoms with Crippen molar-refractivity contribution in [2.24, 2.45) is 5.92 Å². The summed E-state index contributed by atoms with van der Waals surface area (Å²) in [6, 6.07) is 0. The molecule has 0 radical (unpaired) electrons. The van der Waals surface area contributed by atoms with Gasteiger partial charge in [-0.15, -0.1) is 0 Å². The molecule has 142 valence electrons. The summed E-state index contributed by atoms with van der Waals surface area (Å²) in [5.74, 6) is -0.174. The van der Waals surface area contributed by atoms with E-state index in [4.69, 9.17) is 4.43 Å². The summed E-state index contributed by atoms with van der Waals surface area (Å²) in [7, 11) is -7.74. The van der Waals surface area contributed by atoms with Crippen molar-refractivity contribution in [2.75, 3.05) is 6.61 Å². The number of hydrogen-bond acceptors (Lipinski definition) is 4. The Morgan fingerprint density at radius 2 is 1.75 bits per heavy atom. The summed E-state index contributed by atoms with van der Waals surface area (Å²) in [5, 5.41) is -0.0511. The Hall–Kier alpha value is -0.543. The highest BCUT2D eigenvalue weighted by atomic mass is 32.2. The van der Waals surface area contributed by atoms with Crippen molar-refractivity contribution in [1.82, 2.24) is 0 Å². The van der Waals surface area contributed by atoms with Crippen LogP contribution in [0.4, 0.5) is 13.2 Å². The number of rotatable bonds is 5. The molecule has 1 unspecified atom stereocenters. The third-order valence-corrected chi connectivity index (χ3v) is 10.3. The van der Waals surface area contributed by atoms with Crippen LogP contribution in [0.5, 0.6) is 0 Å². The molecule has 0 saturated heterocycles. The topological polar surface area (TPSA) is 52.6 Å². The molecule has 1 aliphatic carbocycles. The van der Waals surface area contributed by atoms with Crippen LogP contribution in [0.25, 0.3) is 0 Å². The van der Waals surface area contributed by atoms with Gasteiger partial charge in [-0.25, -0.2) is 0 Å². The molecule has 0 saturated carbocycles. The molecule has 1 aliphatic rings. The third kappa shape index (κ3) is 4.98. The molecule has 9 heteroatoms. The third-order valence-electron chi connectivity index (χ3n) is 4.88. The molecule has 0 N–H and O–H groups in total. The summed E-state index contributed by atoms with van der Waals surface area (Å²) in [6.45, 7) is 12.2. The molecule has 0 heterocycles. The highest BCUT2D eigenvalue weighted by molar-refractivity contribution is 7.87. The van der Waals surface area contributed by atoms with Crippen LogP contribution >= 0.6 is 0 Å². The Labute approximate surface area is 143 Å². The van der Waals surface area contributed by atoms with Crippen LogP contribution in [0.2, 0.25) is 18.1 Å². The lowest BCUT2D eigenvalue weighted by Crippen LogP contribution is -2.41. The molecular formula is C15H27F3O4SSi. The Morgan fingerprint density at radius 3 is 2.21 bits per heavy atom. The molecule has 1 rings (SSSR count). The van der Waals surface area contributed by atoms with Gasteiger partial charge in [0.05, 0.1) is 6.61 Å². The van der Waals surface area contributed by atoms with Gasteiger partial charge in [0, 0.05) is 6.42 Å². The van der Waals surface area contributed by atoms with E-state index < -0.39 is 23.9 Å². The van der Waals surface area contributed by atoms with Crippen LogP contribution in [0.1, 0.15) is 47.0 Å². The van der Waals surface area contributed by atoms with E-state index in [1.165, 1.54) is 0 Å². The van der Waals surface area contributed by atoms with Crippen LogP contribution in [-0.2, 0) is 18.7 Å². The SMILES string of the molecule is CC1CCCC(OS(=O)(=O)C(F)(F)F)=C1CO[Si](C)(C)C(C)(C)C. The Kier molecular flexibility index (Phi) is 6.26. The highest BCUT2D eigenvalue weighted by Gasteiger charge is 2.49. The van der Waals surface area contributed by atoms with Crippen molar-refractivity contribution in [1.29, 1.82) is 0 Å². The molecule has 0 aliphatic heterocycles. The second kappa shape index (κ2) is 6.99. The molecule has 1 atom stereocenters. The van der Waals surface area contributed by atoms with Gasteiger partial charge in [-0.3, -0.25) is 0 Å². The molecule has 0 spiro atoms. The first-order valence-electron chi connectivity index (χ1n) is 7.95. The Bertz CT molecular complexity index is 589. The van der Waals surface area contributed by atoms with Gasteiger partial charge in [0.25, 0.3) is 0 Å². The first-order valence-corrected chi connectivity index (χ1v) is 12.3. The van der Waals surface area contributed by atoms with E-state index in [-0.39, 0.29) is 29.7 Å². The van der Waals surface area contributed by atoms with Gasteiger partial charge in [0.15, 0.2) is 8.32 Å². The van der Waals surface area contributed by atoms with Gasteiger partial charge in [-0.05, 0) is 42.5 Å². The lowest BCUT2D eigenvalue weighted by molar-refractivity contribution is -0.0525. The second-order valence-electron chi connectivity index (χ2n) is 7.77. The average Bonchev–Trinajstić information content (AvgIpc) is 2.34. The maximum Gasteiger partial charge on any atom is 0.534 e. The van der Waals surface area contributed by atoms with Crippen LogP contribution in [-0.4, -0.2) is 28.9 Å². The largest absolute Gasteiger partial charge is 0.534 e. The lowest BCUT2D eigenvalue weighted by Gasteiger charge is -2.37. The van der Waals surface area contributed by atoms with Crippen molar-refractivity contribution in [3.63, 3.8) is 0 Å². The molecule has 0 bridgehead atoms. The minimum atomic E-state index is -5.64. The van der Waals surface area contributed by atoms with E-state index in [9.17, 15) is 21.6 Å². The van der Waals surface area contributed by atoms with E-state index in [2.05, 4.69) is 25.0 Å². The normalized spacial score (nSPS) is 21.1. The standard InChI is InChI=1S/C15H27F3O4SSi/c1-11-8-7-9-13(22-23(19,20)15(16,17)18)12(11)10-21-24(5,6)14(2,3)4/h11H,7-10H2,1-6H3. The van der Waals surface area contributed by atoms with E-state index in [0.29, 0.717) is 12.0 Å². The van der Waals surface area contributed by atoms with Crippen LogP contribution in [0.3, 0.4) is 0 Å². The monoisotopic (exact) mass is 388 g/mol. The van der Waals surface area contributed by atoms with E-state index >= 15 is 0 Å². The zero-order chi connectivity index (χ0) is 19.0. The summed E-state index contributed by atoms with van der Waals surface area (Å²) in [6.07, 6.45) is 1.54. The van der Waals surface area contributed by atoms with Crippen molar-refractivity contribution >= 4 is 18.4 Å². The van der Waals surface area contributed by atoms with Crippen LogP contribution in [0, 0.1) is 5.92 Å². The van der Waals surface area contributed by atoms with E-state index in [1.807, 2.05) is 20.0 Å². The molecule has 0 fully saturated rings. The summed E-state index contributed by atoms with van der Waals surface area (Å²) < 4.78 is 70.9. The molecule has 24 heavy (non-hydrogen) atoms. The highest BCUT2D eigenvalue weighted by Crippen LogP contribution is 2.39. The average molecular weight is 389 g/mol. The fraction of sp³-hybridized carbons (Fsp3) is 0.867. The van der Waals surface area contributed by atoms with Gasteiger partial charge < -0.3 is 8.61 Å². The van der Waals surface area contributed by atoms with E-state index in [1.54, 1.807) is 0 Å². The number of allylic oxidation sites excluding steroid dienone is 1. The van der Waals surface area contributed by atoms with Crippen molar-refractivity contribution in [3.8, 4) is 0 Å². The van der Waals surface area contributed by atoms with Crippen LogP contribution in [0.15, 0.2) is 11.3 Å². The molecule has 0 aromatic carbocycles. The first kappa shape index (κ1) is 21.5. The molecule has 4 nitrogen and oxygen atoms in total. The quantitative estimate of drug-likeness (QED) is 0.380. The summed E-state index contributed by atoms with van der Waals surface area (Å²) in [5.41, 5.74) is -4.90. The first-order chi connectivity index (χ1) is 10.6. The predicted molar refractivity (Wildman–Crippen MR) is 89.2 cm³/mol. The predicted octanol–water partition coefficient (Wildman–Crippen LogP) is 4.95. The van der Waals surface area contributed by atoms with Gasteiger partial charge in [0.2, 0.25) is 0 Å². The summed E-state index contributed by atoms with van der Waals surface area (Å²) >= 11 is 0. The minimum Gasteiger partial charge on any atom is -0.413 e. The van der Waals surface area contributed by atoms with Gasteiger partial charge >= 0.3 is 15.6 Å². The number of halogens is 3. The summed E-state index contributed by atoms with van der Waals surface area (Å²) in [4.78, 5) is 0. The fourth-order valence-corrected chi connectivity index (χ4v) is 3.65. The Balaban J connectivity index is 3.07. The number of alkyl halides is 3. The van der Waals surface area contributed by atoms with Gasteiger partial charge in [0.1, 0.15) is 5.76 Å². The number of hydrogen-bond donors (Lipinski definition) is 0.